The maximum Gasteiger partial charge on any atom is 0.126 e. The number of ether oxygens (including phenoxy) is 3. The van der Waals surface area contributed by atoms with Crippen molar-refractivity contribution in [2.24, 2.45) is 0 Å². The van der Waals surface area contributed by atoms with E-state index in [1.807, 2.05) is 54.6 Å². The van der Waals surface area contributed by atoms with Crippen LogP contribution in [0.5, 0.6) is 17.2 Å². The summed E-state index contributed by atoms with van der Waals surface area (Å²) in [7, 11) is 3.29. The summed E-state index contributed by atoms with van der Waals surface area (Å²) >= 11 is 6.49. The van der Waals surface area contributed by atoms with Gasteiger partial charge in [0.05, 0.1) is 25.9 Å². The molecule has 1 saturated carbocycles. The summed E-state index contributed by atoms with van der Waals surface area (Å²) in [5, 5.41) is 9.76. The maximum atomic E-state index is 9.01. The van der Waals surface area contributed by atoms with Gasteiger partial charge in [0.15, 0.2) is 0 Å². The summed E-state index contributed by atoms with van der Waals surface area (Å²) in [5.41, 5.74) is 5.14. The minimum absolute atomic E-state index is 0.415. The first-order chi connectivity index (χ1) is 15.6. The van der Waals surface area contributed by atoms with Crippen LogP contribution >= 0.6 is 11.6 Å². The molecule has 0 unspecified atom stereocenters. The van der Waals surface area contributed by atoms with Crippen LogP contribution in [-0.2, 0) is 19.4 Å². The van der Waals surface area contributed by atoms with Gasteiger partial charge in [-0.05, 0) is 90.3 Å². The highest BCUT2D eigenvalue weighted by Gasteiger charge is 2.29. The van der Waals surface area contributed by atoms with Crippen molar-refractivity contribution in [3.05, 3.63) is 87.4 Å². The average Bonchev–Trinajstić information content (AvgIpc) is 3.67. The summed E-state index contributed by atoms with van der Waals surface area (Å²) in [5.74, 6) is 2.93. The highest BCUT2D eigenvalue weighted by molar-refractivity contribution is 6.30. The fourth-order valence-corrected chi connectivity index (χ4v) is 4.11. The third-order valence-electron chi connectivity index (χ3n) is 5.74. The van der Waals surface area contributed by atoms with Gasteiger partial charge in [0.2, 0.25) is 0 Å². The first kappa shape index (κ1) is 22.0. The Balaban J connectivity index is 1.58. The van der Waals surface area contributed by atoms with Crippen molar-refractivity contribution in [3.8, 4) is 23.3 Å². The van der Waals surface area contributed by atoms with Gasteiger partial charge < -0.3 is 14.2 Å². The molecule has 164 valence electrons. The van der Waals surface area contributed by atoms with E-state index in [1.54, 1.807) is 14.2 Å². The van der Waals surface area contributed by atoms with Crippen LogP contribution in [0.1, 0.15) is 46.6 Å². The van der Waals surface area contributed by atoms with Crippen LogP contribution < -0.4 is 14.2 Å². The van der Waals surface area contributed by atoms with E-state index < -0.39 is 0 Å². The smallest absolute Gasteiger partial charge is 0.126 e. The van der Waals surface area contributed by atoms with Gasteiger partial charge in [0.25, 0.3) is 0 Å². The predicted octanol–water partition coefficient (Wildman–Crippen LogP) is 6.47. The summed E-state index contributed by atoms with van der Waals surface area (Å²) in [4.78, 5) is 0. The number of hydrogen-bond acceptors (Lipinski definition) is 4. The van der Waals surface area contributed by atoms with E-state index >= 15 is 0 Å². The molecule has 0 aliphatic heterocycles. The molecule has 1 fully saturated rings. The topological polar surface area (TPSA) is 51.5 Å². The zero-order valence-corrected chi connectivity index (χ0v) is 19.1. The lowest BCUT2D eigenvalue weighted by atomic mass is 9.98. The van der Waals surface area contributed by atoms with E-state index in [9.17, 15) is 0 Å². The second kappa shape index (κ2) is 9.97. The van der Waals surface area contributed by atoms with E-state index in [1.165, 1.54) is 24.0 Å². The number of methoxy groups -OCH3 is 2. The minimum atomic E-state index is 0.415. The van der Waals surface area contributed by atoms with Gasteiger partial charge in [0, 0.05) is 11.1 Å². The third kappa shape index (κ3) is 5.36. The van der Waals surface area contributed by atoms with Gasteiger partial charge in [0.1, 0.15) is 23.9 Å². The second-order valence-electron chi connectivity index (χ2n) is 8.08. The zero-order valence-electron chi connectivity index (χ0n) is 18.4. The zero-order chi connectivity index (χ0) is 22.5. The number of rotatable bonds is 9. The van der Waals surface area contributed by atoms with Gasteiger partial charge in [-0.2, -0.15) is 5.26 Å². The predicted molar refractivity (Wildman–Crippen MR) is 126 cm³/mol. The molecule has 1 aliphatic rings. The molecule has 0 atom stereocenters. The molecule has 1 aliphatic carbocycles. The molecular formula is C27H26ClNO3. The lowest BCUT2D eigenvalue weighted by molar-refractivity contribution is 0.297. The summed E-state index contributed by atoms with van der Waals surface area (Å²) in [6.45, 7) is 0.415. The van der Waals surface area contributed by atoms with Crippen LogP contribution in [0.15, 0.2) is 54.6 Å². The van der Waals surface area contributed by atoms with Gasteiger partial charge >= 0.3 is 0 Å². The highest BCUT2D eigenvalue weighted by atomic mass is 35.5. The van der Waals surface area contributed by atoms with Crippen molar-refractivity contribution >= 4 is 11.6 Å². The molecule has 0 saturated heterocycles. The summed E-state index contributed by atoms with van der Waals surface area (Å²) in [6.07, 6.45) is 3.99. The Morgan fingerprint density at radius 1 is 0.906 bits per heavy atom. The molecule has 5 heteroatoms. The van der Waals surface area contributed by atoms with E-state index in [4.69, 9.17) is 31.1 Å². The molecular weight excluding hydrogens is 422 g/mol. The maximum absolute atomic E-state index is 9.01. The normalized spacial score (nSPS) is 12.8. The fourth-order valence-electron chi connectivity index (χ4n) is 3.86. The number of nitriles is 1. The van der Waals surface area contributed by atoms with Crippen molar-refractivity contribution < 1.29 is 14.2 Å². The first-order valence-corrected chi connectivity index (χ1v) is 11.1. The molecule has 0 aromatic heterocycles. The Hall–Kier alpha value is -3.16. The van der Waals surface area contributed by atoms with E-state index in [0.29, 0.717) is 18.1 Å². The summed E-state index contributed by atoms with van der Waals surface area (Å²) < 4.78 is 17.2. The van der Waals surface area contributed by atoms with Crippen molar-refractivity contribution in [2.45, 2.75) is 38.2 Å². The summed E-state index contributed by atoms with van der Waals surface area (Å²) in [6, 6.07) is 19.7. The van der Waals surface area contributed by atoms with Crippen molar-refractivity contribution in [2.75, 3.05) is 14.2 Å². The van der Waals surface area contributed by atoms with Gasteiger partial charge in [-0.25, -0.2) is 0 Å². The monoisotopic (exact) mass is 447 g/mol. The van der Waals surface area contributed by atoms with Crippen molar-refractivity contribution in [1.82, 2.24) is 0 Å². The molecule has 0 heterocycles. The molecule has 32 heavy (non-hydrogen) atoms. The van der Waals surface area contributed by atoms with Crippen LogP contribution in [0.4, 0.5) is 0 Å². The SMILES string of the molecule is COc1cc(COc2c(CCc3ccc(C#N)cc3)cc(Cl)cc2C2CC2)cc(OC)c1. The van der Waals surface area contributed by atoms with Gasteiger partial charge in [-0.1, -0.05) is 23.7 Å². The lowest BCUT2D eigenvalue weighted by Gasteiger charge is -2.18. The number of aryl methyl sites for hydroxylation is 2. The highest BCUT2D eigenvalue weighted by Crippen LogP contribution is 2.47. The molecule has 3 aromatic rings. The average molecular weight is 448 g/mol. The van der Waals surface area contributed by atoms with Gasteiger partial charge in [-0.3, -0.25) is 0 Å². The van der Waals surface area contributed by atoms with Crippen LogP contribution in [-0.4, -0.2) is 14.2 Å². The number of benzene rings is 3. The first-order valence-electron chi connectivity index (χ1n) is 10.8. The Morgan fingerprint density at radius 2 is 1.59 bits per heavy atom. The Labute approximate surface area is 194 Å². The lowest BCUT2D eigenvalue weighted by Crippen LogP contribution is -2.04. The molecule has 0 amide bonds. The number of hydrogen-bond donors (Lipinski definition) is 0. The standard InChI is InChI=1S/C27H26ClNO3/c1-30-24-11-20(12-25(15-24)31-2)17-32-27-22(13-23(28)14-26(27)21-9-10-21)8-7-18-3-5-19(16-29)6-4-18/h3-6,11-15,21H,7-10,17H2,1-2H3. The van der Waals surface area contributed by atoms with Crippen LogP contribution in [0, 0.1) is 11.3 Å². The van der Waals surface area contributed by atoms with Crippen LogP contribution in [0.3, 0.4) is 0 Å². The van der Waals surface area contributed by atoms with Crippen molar-refractivity contribution in [1.29, 1.82) is 5.26 Å². The van der Waals surface area contributed by atoms with E-state index in [2.05, 4.69) is 6.07 Å². The molecule has 4 nitrogen and oxygen atoms in total. The molecule has 4 rings (SSSR count). The van der Waals surface area contributed by atoms with E-state index in [-0.39, 0.29) is 0 Å². The molecule has 0 radical (unpaired) electrons. The van der Waals surface area contributed by atoms with Crippen LogP contribution in [0.25, 0.3) is 0 Å². The molecule has 0 spiro atoms. The minimum Gasteiger partial charge on any atom is -0.497 e. The van der Waals surface area contributed by atoms with Crippen LogP contribution in [0.2, 0.25) is 5.02 Å². The third-order valence-corrected chi connectivity index (χ3v) is 5.96. The molecule has 0 bridgehead atoms. The number of nitrogens with zero attached hydrogens (tertiary/aromatic N) is 1. The Morgan fingerprint density at radius 3 is 2.19 bits per heavy atom. The Kier molecular flexibility index (Phi) is 6.87. The molecule has 0 N–H and O–H groups in total. The second-order valence-corrected chi connectivity index (χ2v) is 8.51. The van der Waals surface area contributed by atoms with Gasteiger partial charge in [-0.15, -0.1) is 0 Å². The Bertz CT molecular complexity index is 1110. The number of halogens is 1. The fraction of sp³-hybridized carbons (Fsp3) is 0.296. The molecule has 3 aromatic carbocycles. The van der Waals surface area contributed by atoms with E-state index in [0.717, 1.165) is 46.2 Å². The quantitative estimate of drug-likeness (QED) is 0.377. The largest absolute Gasteiger partial charge is 0.497 e. The van der Waals surface area contributed by atoms with Crippen molar-refractivity contribution in [3.63, 3.8) is 0 Å².